The zero-order chi connectivity index (χ0) is 13.5. The molecular formula is C16H23NO2. The zero-order valence-corrected chi connectivity index (χ0v) is 12.1. The third-order valence-electron chi connectivity index (χ3n) is 4.61. The predicted molar refractivity (Wildman–Crippen MR) is 75.9 cm³/mol. The molecule has 1 saturated carbocycles. The maximum absolute atomic E-state index is 6.43. The van der Waals surface area contributed by atoms with E-state index in [4.69, 9.17) is 9.47 Å². The molecule has 1 fully saturated rings. The Morgan fingerprint density at radius 2 is 2.00 bits per heavy atom. The summed E-state index contributed by atoms with van der Waals surface area (Å²) in [6, 6.07) is 6.66. The average molecular weight is 261 g/mol. The van der Waals surface area contributed by atoms with Gasteiger partial charge >= 0.3 is 0 Å². The van der Waals surface area contributed by atoms with Crippen molar-refractivity contribution in [1.29, 1.82) is 0 Å². The molecule has 1 aliphatic heterocycles. The molecule has 0 saturated heterocycles. The van der Waals surface area contributed by atoms with Crippen molar-refractivity contribution >= 4 is 0 Å². The third kappa shape index (κ3) is 2.10. The molecule has 1 aliphatic carbocycles. The first-order chi connectivity index (χ1) is 9.15. The van der Waals surface area contributed by atoms with Crippen molar-refractivity contribution in [2.75, 3.05) is 21.2 Å². The molecule has 0 amide bonds. The Morgan fingerprint density at radius 3 is 2.63 bits per heavy atom. The van der Waals surface area contributed by atoms with Gasteiger partial charge in [-0.15, -0.1) is 0 Å². The first-order valence-electron chi connectivity index (χ1n) is 7.17. The SMILES string of the molecule is COc1cccc2c1OC1(CCCC1)CC2N(C)C. The fourth-order valence-corrected chi connectivity index (χ4v) is 3.57. The molecule has 1 aromatic rings. The molecule has 1 aromatic carbocycles. The van der Waals surface area contributed by atoms with Gasteiger partial charge in [-0.25, -0.2) is 0 Å². The molecule has 2 aliphatic rings. The van der Waals surface area contributed by atoms with Gasteiger partial charge in [0.1, 0.15) is 5.60 Å². The Bertz CT molecular complexity index is 464. The van der Waals surface area contributed by atoms with Crippen LogP contribution in [0, 0.1) is 0 Å². The maximum Gasteiger partial charge on any atom is 0.166 e. The minimum atomic E-state index is 0.0383. The van der Waals surface area contributed by atoms with Crippen LogP contribution in [-0.4, -0.2) is 31.7 Å². The van der Waals surface area contributed by atoms with Crippen LogP contribution in [0.4, 0.5) is 0 Å². The maximum atomic E-state index is 6.43. The van der Waals surface area contributed by atoms with Crippen molar-refractivity contribution in [3.05, 3.63) is 23.8 Å². The highest BCUT2D eigenvalue weighted by Crippen LogP contribution is 2.51. The molecule has 1 atom stereocenters. The van der Waals surface area contributed by atoms with E-state index in [9.17, 15) is 0 Å². The molecule has 1 unspecified atom stereocenters. The molecule has 3 heteroatoms. The summed E-state index contributed by atoms with van der Waals surface area (Å²) in [4.78, 5) is 2.31. The lowest BCUT2D eigenvalue weighted by molar-refractivity contribution is 0.0153. The fourth-order valence-electron chi connectivity index (χ4n) is 3.57. The quantitative estimate of drug-likeness (QED) is 0.814. The Kier molecular flexibility index (Phi) is 3.17. The van der Waals surface area contributed by atoms with Gasteiger partial charge in [0.15, 0.2) is 11.5 Å². The number of benzene rings is 1. The fraction of sp³-hybridized carbons (Fsp3) is 0.625. The summed E-state index contributed by atoms with van der Waals surface area (Å²) in [6.45, 7) is 0. The van der Waals surface area contributed by atoms with E-state index in [0.29, 0.717) is 6.04 Å². The van der Waals surface area contributed by atoms with Crippen LogP contribution in [0.2, 0.25) is 0 Å². The number of nitrogens with zero attached hydrogens (tertiary/aromatic N) is 1. The zero-order valence-electron chi connectivity index (χ0n) is 12.1. The molecule has 0 N–H and O–H groups in total. The summed E-state index contributed by atoms with van der Waals surface area (Å²) < 4.78 is 11.9. The minimum absolute atomic E-state index is 0.0383. The average Bonchev–Trinajstić information content (AvgIpc) is 2.85. The largest absolute Gasteiger partial charge is 0.493 e. The topological polar surface area (TPSA) is 21.7 Å². The second-order valence-electron chi connectivity index (χ2n) is 6.05. The molecule has 19 heavy (non-hydrogen) atoms. The van der Waals surface area contributed by atoms with Crippen LogP contribution < -0.4 is 9.47 Å². The molecule has 1 spiro atoms. The van der Waals surface area contributed by atoms with Crippen LogP contribution in [0.1, 0.15) is 43.7 Å². The van der Waals surface area contributed by atoms with Gasteiger partial charge < -0.3 is 14.4 Å². The Balaban J connectivity index is 2.06. The van der Waals surface area contributed by atoms with Gasteiger partial charge in [0.2, 0.25) is 0 Å². The number of hydrogen-bond donors (Lipinski definition) is 0. The lowest BCUT2D eigenvalue weighted by atomic mass is 9.85. The predicted octanol–water partition coefficient (Wildman–Crippen LogP) is 3.39. The van der Waals surface area contributed by atoms with E-state index >= 15 is 0 Å². The highest BCUT2D eigenvalue weighted by molar-refractivity contribution is 5.50. The van der Waals surface area contributed by atoms with Gasteiger partial charge in [0.05, 0.1) is 7.11 Å². The lowest BCUT2D eigenvalue weighted by Gasteiger charge is -2.42. The normalized spacial score (nSPS) is 24.3. The van der Waals surface area contributed by atoms with Crippen LogP contribution >= 0.6 is 0 Å². The number of methoxy groups -OCH3 is 1. The van der Waals surface area contributed by atoms with Crippen LogP contribution in [0.25, 0.3) is 0 Å². The molecule has 3 nitrogen and oxygen atoms in total. The highest BCUT2D eigenvalue weighted by atomic mass is 16.5. The number of hydrogen-bond acceptors (Lipinski definition) is 3. The highest BCUT2D eigenvalue weighted by Gasteiger charge is 2.44. The van der Waals surface area contributed by atoms with E-state index in [0.717, 1.165) is 17.9 Å². The van der Waals surface area contributed by atoms with E-state index in [2.05, 4.69) is 31.1 Å². The van der Waals surface area contributed by atoms with Crippen LogP contribution in [-0.2, 0) is 0 Å². The third-order valence-corrected chi connectivity index (χ3v) is 4.61. The van der Waals surface area contributed by atoms with Gasteiger partial charge in [-0.05, 0) is 45.8 Å². The van der Waals surface area contributed by atoms with Gasteiger partial charge in [-0.2, -0.15) is 0 Å². The molecule has 104 valence electrons. The van der Waals surface area contributed by atoms with E-state index in [1.807, 2.05) is 6.07 Å². The number of ether oxygens (including phenoxy) is 2. The lowest BCUT2D eigenvalue weighted by Crippen LogP contribution is -2.41. The van der Waals surface area contributed by atoms with E-state index < -0.39 is 0 Å². The molecule has 1 heterocycles. The monoisotopic (exact) mass is 261 g/mol. The van der Waals surface area contributed by atoms with Crippen molar-refractivity contribution in [2.24, 2.45) is 0 Å². The van der Waals surface area contributed by atoms with E-state index in [-0.39, 0.29) is 5.60 Å². The van der Waals surface area contributed by atoms with Crippen molar-refractivity contribution in [3.8, 4) is 11.5 Å². The van der Waals surface area contributed by atoms with E-state index in [1.54, 1.807) is 7.11 Å². The minimum Gasteiger partial charge on any atom is -0.493 e. The molecular weight excluding hydrogens is 238 g/mol. The van der Waals surface area contributed by atoms with Gasteiger partial charge in [0.25, 0.3) is 0 Å². The Hall–Kier alpha value is -1.22. The Morgan fingerprint density at radius 1 is 1.26 bits per heavy atom. The van der Waals surface area contributed by atoms with Crippen molar-refractivity contribution in [1.82, 2.24) is 4.90 Å². The molecule has 0 bridgehead atoms. The first kappa shape index (κ1) is 12.8. The van der Waals surface area contributed by atoms with Crippen molar-refractivity contribution in [2.45, 2.75) is 43.7 Å². The molecule has 0 aromatic heterocycles. The summed E-state index contributed by atoms with van der Waals surface area (Å²) in [5.74, 6) is 1.84. The second kappa shape index (κ2) is 4.71. The summed E-state index contributed by atoms with van der Waals surface area (Å²) in [6.07, 6.45) is 6.01. The number of para-hydroxylation sites is 1. The smallest absolute Gasteiger partial charge is 0.166 e. The van der Waals surface area contributed by atoms with Crippen LogP contribution in [0.5, 0.6) is 11.5 Å². The summed E-state index contributed by atoms with van der Waals surface area (Å²) in [5.41, 5.74) is 1.30. The van der Waals surface area contributed by atoms with Crippen molar-refractivity contribution in [3.63, 3.8) is 0 Å². The van der Waals surface area contributed by atoms with Crippen LogP contribution in [0.15, 0.2) is 18.2 Å². The second-order valence-corrected chi connectivity index (χ2v) is 6.05. The van der Waals surface area contributed by atoms with Gasteiger partial charge in [-0.3, -0.25) is 0 Å². The van der Waals surface area contributed by atoms with E-state index in [1.165, 1.54) is 31.2 Å². The molecule has 3 rings (SSSR count). The first-order valence-corrected chi connectivity index (χ1v) is 7.17. The van der Waals surface area contributed by atoms with Gasteiger partial charge in [0, 0.05) is 18.0 Å². The number of fused-ring (bicyclic) bond motifs is 1. The standard InChI is InChI=1S/C16H23NO2/c1-17(2)13-11-16(9-4-5-10-16)19-15-12(13)7-6-8-14(15)18-3/h6-8,13H,4-5,9-11H2,1-3H3. The summed E-state index contributed by atoms with van der Waals surface area (Å²) in [7, 11) is 6.03. The Labute approximate surface area is 115 Å². The van der Waals surface area contributed by atoms with Crippen molar-refractivity contribution < 1.29 is 9.47 Å². The number of rotatable bonds is 2. The van der Waals surface area contributed by atoms with Gasteiger partial charge in [-0.1, -0.05) is 12.1 Å². The summed E-state index contributed by atoms with van der Waals surface area (Å²) >= 11 is 0. The van der Waals surface area contributed by atoms with Crippen LogP contribution in [0.3, 0.4) is 0 Å². The summed E-state index contributed by atoms with van der Waals surface area (Å²) in [5, 5.41) is 0. The molecule has 0 radical (unpaired) electrons.